The van der Waals surface area contributed by atoms with Crippen molar-refractivity contribution in [2.45, 2.75) is 26.2 Å². The molecule has 0 unspecified atom stereocenters. The van der Waals surface area contributed by atoms with E-state index in [1.165, 1.54) is 19.3 Å². The Balaban J connectivity index is 1.34. The van der Waals surface area contributed by atoms with Gasteiger partial charge in [0.2, 0.25) is 0 Å². The van der Waals surface area contributed by atoms with Crippen LogP contribution >= 0.6 is 0 Å². The number of pyridine rings is 1. The Morgan fingerprint density at radius 2 is 1.92 bits per heavy atom. The lowest BCUT2D eigenvalue weighted by molar-refractivity contribution is 0.102. The highest BCUT2D eigenvalue weighted by Crippen LogP contribution is 2.25. The molecule has 0 bridgehead atoms. The van der Waals surface area contributed by atoms with Gasteiger partial charge >= 0.3 is 0 Å². The zero-order valence-corrected chi connectivity index (χ0v) is 21.4. The van der Waals surface area contributed by atoms with Gasteiger partial charge in [0.05, 0.1) is 23.6 Å². The average molecular weight is 507 g/mol. The molecule has 1 amide bonds. The highest BCUT2D eigenvalue weighted by atomic mass is 16.5. The van der Waals surface area contributed by atoms with Crippen LogP contribution in [-0.4, -0.2) is 40.9 Å². The van der Waals surface area contributed by atoms with Crippen molar-refractivity contribution in [2.75, 3.05) is 23.3 Å². The number of H-pyrrole nitrogens is 1. The molecule has 0 spiro atoms. The van der Waals surface area contributed by atoms with E-state index in [0.29, 0.717) is 22.9 Å². The SMILES string of the molecule is C=N/C=C(\C=C(/C)c1ccc2[nH]nc(C(=O)Nc3ccc(N4CCCCC4)nc3)c2c1)Oc1ccccc1. The number of hydrogen-bond donors (Lipinski definition) is 2. The molecule has 1 fully saturated rings. The number of piperidine rings is 1. The lowest BCUT2D eigenvalue weighted by atomic mass is 10.0. The van der Waals surface area contributed by atoms with E-state index in [9.17, 15) is 4.79 Å². The fourth-order valence-corrected chi connectivity index (χ4v) is 4.50. The van der Waals surface area contributed by atoms with E-state index in [-0.39, 0.29) is 5.91 Å². The third-order valence-electron chi connectivity index (χ3n) is 6.48. The van der Waals surface area contributed by atoms with E-state index in [2.05, 4.69) is 37.1 Å². The lowest BCUT2D eigenvalue weighted by Gasteiger charge is -2.27. The lowest BCUT2D eigenvalue weighted by Crippen LogP contribution is -2.30. The Bertz CT molecular complexity index is 1480. The van der Waals surface area contributed by atoms with Gasteiger partial charge in [0.25, 0.3) is 5.91 Å². The molecule has 0 saturated carbocycles. The number of ether oxygens (including phenoxy) is 1. The zero-order valence-electron chi connectivity index (χ0n) is 21.4. The summed E-state index contributed by atoms with van der Waals surface area (Å²) in [5.41, 5.74) is 3.58. The molecule has 3 heterocycles. The van der Waals surface area contributed by atoms with E-state index in [1.54, 1.807) is 12.4 Å². The van der Waals surface area contributed by atoms with Crippen LogP contribution in [0.4, 0.5) is 11.5 Å². The van der Waals surface area contributed by atoms with Crippen molar-refractivity contribution < 1.29 is 9.53 Å². The maximum Gasteiger partial charge on any atom is 0.276 e. The molecule has 4 aromatic rings. The summed E-state index contributed by atoms with van der Waals surface area (Å²) in [6, 6.07) is 19.2. The summed E-state index contributed by atoms with van der Waals surface area (Å²) in [6.45, 7) is 7.57. The molecule has 38 heavy (non-hydrogen) atoms. The van der Waals surface area contributed by atoms with Crippen LogP contribution in [-0.2, 0) is 0 Å². The third-order valence-corrected chi connectivity index (χ3v) is 6.48. The minimum atomic E-state index is -0.300. The minimum absolute atomic E-state index is 0.300. The van der Waals surface area contributed by atoms with Gasteiger partial charge in [-0.2, -0.15) is 5.10 Å². The number of rotatable bonds is 8. The number of aromatic nitrogens is 3. The molecule has 2 aromatic carbocycles. The monoisotopic (exact) mass is 506 g/mol. The van der Waals surface area contributed by atoms with Gasteiger partial charge in [-0.1, -0.05) is 24.3 Å². The number of nitrogens with one attached hydrogen (secondary N) is 2. The van der Waals surface area contributed by atoms with E-state index in [1.807, 2.05) is 73.7 Å². The molecule has 5 rings (SSSR count). The summed E-state index contributed by atoms with van der Waals surface area (Å²) >= 11 is 0. The Morgan fingerprint density at radius 1 is 1.11 bits per heavy atom. The van der Waals surface area contributed by atoms with Gasteiger partial charge in [-0.25, -0.2) is 4.98 Å². The van der Waals surface area contributed by atoms with Crippen LogP contribution < -0.4 is 15.0 Å². The van der Waals surface area contributed by atoms with E-state index < -0.39 is 0 Å². The van der Waals surface area contributed by atoms with Crippen LogP contribution in [0.25, 0.3) is 16.5 Å². The number of anilines is 2. The van der Waals surface area contributed by atoms with Crippen molar-refractivity contribution in [2.24, 2.45) is 4.99 Å². The maximum absolute atomic E-state index is 13.1. The van der Waals surface area contributed by atoms with Gasteiger partial charge in [-0.15, -0.1) is 0 Å². The summed E-state index contributed by atoms with van der Waals surface area (Å²) in [5, 5.41) is 10.9. The van der Waals surface area contributed by atoms with Crippen LogP contribution in [0, 0.1) is 0 Å². The van der Waals surface area contributed by atoms with Crippen molar-refractivity contribution in [3.05, 3.63) is 96.2 Å². The number of para-hydroxylation sites is 1. The molecule has 1 aliphatic rings. The van der Waals surface area contributed by atoms with Crippen LogP contribution in [0.5, 0.6) is 5.75 Å². The second-order valence-corrected chi connectivity index (χ2v) is 9.20. The Hall–Kier alpha value is -4.72. The van der Waals surface area contributed by atoms with Crippen LogP contribution in [0.1, 0.15) is 42.2 Å². The highest BCUT2D eigenvalue weighted by molar-refractivity contribution is 6.11. The molecule has 0 radical (unpaired) electrons. The first-order valence-electron chi connectivity index (χ1n) is 12.7. The van der Waals surface area contributed by atoms with Gasteiger partial charge in [0.15, 0.2) is 5.69 Å². The Morgan fingerprint density at radius 3 is 2.66 bits per heavy atom. The molecule has 8 nitrogen and oxygen atoms in total. The summed E-state index contributed by atoms with van der Waals surface area (Å²) in [4.78, 5) is 23.8. The minimum Gasteiger partial charge on any atom is -0.456 e. The van der Waals surface area contributed by atoms with Crippen molar-refractivity contribution in [1.82, 2.24) is 15.2 Å². The van der Waals surface area contributed by atoms with Gasteiger partial charge in [0, 0.05) is 18.5 Å². The number of amides is 1. The fraction of sp³-hybridized carbons (Fsp3) is 0.200. The predicted molar refractivity (Wildman–Crippen MR) is 153 cm³/mol. The van der Waals surface area contributed by atoms with Crippen molar-refractivity contribution in [1.29, 1.82) is 0 Å². The van der Waals surface area contributed by atoms with Gasteiger partial charge in [-0.3, -0.25) is 14.9 Å². The number of fused-ring (bicyclic) bond motifs is 1. The molecule has 0 atom stereocenters. The predicted octanol–water partition coefficient (Wildman–Crippen LogP) is 6.22. The smallest absolute Gasteiger partial charge is 0.276 e. The number of aromatic amines is 1. The third kappa shape index (κ3) is 5.81. The summed E-state index contributed by atoms with van der Waals surface area (Å²) < 4.78 is 5.95. The molecule has 1 aliphatic heterocycles. The maximum atomic E-state index is 13.1. The summed E-state index contributed by atoms with van der Waals surface area (Å²) in [5.74, 6) is 1.89. The van der Waals surface area contributed by atoms with Crippen LogP contribution in [0.3, 0.4) is 0 Å². The molecular weight excluding hydrogens is 476 g/mol. The average Bonchev–Trinajstić information content (AvgIpc) is 3.38. The summed E-state index contributed by atoms with van der Waals surface area (Å²) in [7, 11) is 0. The molecule has 2 aromatic heterocycles. The fourth-order valence-electron chi connectivity index (χ4n) is 4.50. The van der Waals surface area contributed by atoms with Crippen LogP contribution in [0.2, 0.25) is 0 Å². The van der Waals surface area contributed by atoms with Gasteiger partial charge in [0.1, 0.15) is 17.3 Å². The van der Waals surface area contributed by atoms with E-state index >= 15 is 0 Å². The number of carbonyl (C=O) groups excluding carboxylic acids is 1. The van der Waals surface area contributed by atoms with E-state index in [0.717, 1.165) is 40.9 Å². The number of carbonyl (C=O) groups is 1. The van der Waals surface area contributed by atoms with Crippen LogP contribution in [0.15, 0.2) is 89.9 Å². The number of benzene rings is 2. The standard InChI is InChI=1S/C30H30N6O2/c1-21(17-25(20-31-2)38-24-9-5-3-6-10-24)22-11-13-27-26(18-22)29(35-34-27)30(37)33-23-12-14-28(32-19-23)36-15-7-4-8-16-36/h3,5-6,9-14,17-20H,2,4,7-8,15-16H2,1H3,(H,33,37)(H,34,35)/b21-17+,25-20+. The number of nitrogens with zero attached hydrogens (tertiary/aromatic N) is 4. The molecule has 0 aliphatic carbocycles. The Kier molecular flexibility index (Phi) is 7.59. The van der Waals surface area contributed by atoms with E-state index in [4.69, 9.17) is 4.74 Å². The second kappa shape index (κ2) is 11.6. The molecular formula is C30H30N6O2. The first kappa shape index (κ1) is 25.0. The largest absolute Gasteiger partial charge is 0.456 e. The first-order chi connectivity index (χ1) is 18.6. The van der Waals surface area contributed by atoms with Crippen molar-refractivity contribution in [3.8, 4) is 5.75 Å². The van der Waals surface area contributed by atoms with Gasteiger partial charge < -0.3 is 15.0 Å². The normalized spacial score (nSPS) is 14.4. The van der Waals surface area contributed by atoms with Crippen molar-refractivity contribution >= 4 is 40.6 Å². The molecule has 192 valence electrons. The Labute approximate surface area is 221 Å². The van der Waals surface area contributed by atoms with Gasteiger partial charge in [-0.05, 0) is 86.5 Å². The van der Waals surface area contributed by atoms with Crippen molar-refractivity contribution in [3.63, 3.8) is 0 Å². The summed E-state index contributed by atoms with van der Waals surface area (Å²) in [6.07, 6.45) is 8.79. The molecule has 2 N–H and O–H groups in total. The molecule has 1 saturated heterocycles. The number of allylic oxidation sites excluding steroid dienone is 2. The second-order valence-electron chi connectivity index (χ2n) is 9.20. The number of aliphatic imine (C=N–C) groups is 1. The zero-order chi connectivity index (χ0) is 26.3. The topological polar surface area (TPSA) is 95.5 Å². The molecule has 8 heteroatoms. The number of hydrogen-bond acceptors (Lipinski definition) is 6. The first-order valence-corrected chi connectivity index (χ1v) is 12.7. The quantitative estimate of drug-likeness (QED) is 0.168. The highest BCUT2D eigenvalue weighted by Gasteiger charge is 2.17.